The van der Waals surface area contributed by atoms with Crippen molar-refractivity contribution in [1.82, 2.24) is 0 Å². The van der Waals surface area contributed by atoms with Crippen molar-refractivity contribution < 1.29 is 9.78 Å². The van der Waals surface area contributed by atoms with Crippen LogP contribution in [0.5, 0.6) is 0 Å². The van der Waals surface area contributed by atoms with Crippen LogP contribution in [0, 0.1) is 22.7 Å². The molecule has 1 amide bonds. The highest BCUT2D eigenvalue weighted by atomic mass is 35.5. The first kappa shape index (κ1) is 16.6. The van der Waals surface area contributed by atoms with Gasteiger partial charge in [0, 0.05) is 0 Å². The lowest BCUT2D eigenvalue weighted by molar-refractivity contribution is -0.410. The van der Waals surface area contributed by atoms with E-state index in [-0.39, 0.29) is 28.6 Å². The highest BCUT2D eigenvalue weighted by Gasteiger charge is 2.16. The number of amides is 1. The van der Waals surface area contributed by atoms with Crippen LogP contribution in [0.2, 0.25) is 5.02 Å². The molecule has 4 N–H and O–H groups in total. The van der Waals surface area contributed by atoms with Crippen LogP contribution in [0.1, 0.15) is 11.1 Å². The molecule has 1 aromatic heterocycles. The van der Waals surface area contributed by atoms with Crippen LogP contribution >= 0.6 is 23.4 Å². The Morgan fingerprint density at radius 2 is 2.00 bits per heavy atom. The van der Waals surface area contributed by atoms with Gasteiger partial charge < -0.3 is 5.32 Å². The Balaban J connectivity index is 2.08. The molecule has 6 nitrogen and oxygen atoms in total. The molecule has 8 heteroatoms. The SMILES string of the molecule is N#Cc1cc(C#N)c(SCC(=O)Nc2ccccc2Cl)[nH+]c1N. The number of anilines is 2. The van der Waals surface area contributed by atoms with Crippen molar-refractivity contribution in [2.75, 3.05) is 16.8 Å². The zero-order valence-corrected chi connectivity index (χ0v) is 13.3. The molecule has 1 heterocycles. The fourth-order valence-corrected chi connectivity index (χ4v) is 2.69. The summed E-state index contributed by atoms with van der Waals surface area (Å²) in [5, 5.41) is 21.6. The van der Waals surface area contributed by atoms with Gasteiger partial charge in [0.1, 0.15) is 23.3 Å². The zero-order valence-electron chi connectivity index (χ0n) is 11.8. The van der Waals surface area contributed by atoms with E-state index in [1.165, 1.54) is 6.07 Å². The Morgan fingerprint density at radius 1 is 1.30 bits per heavy atom. The molecule has 0 aliphatic rings. The number of nitrogen functional groups attached to an aromatic ring is 1. The second kappa shape index (κ2) is 7.50. The maximum atomic E-state index is 12.0. The van der Waals surface area contributed by atoms with Crippen LogP contribution in [-0.4, -0.2) is 11.7 Å². The van der Waals surface area contributed by atoms with Gasteiger partial charge in [-0.25, -0.2) is 4.98 Å². The van der Waals surface area contributed by atoms with E-state index in [0.717, 1.165) is 11.8 Å². The standard InChI is InChI=1S/C15H10ClN5OS/c16-11-3-1-2-4-12(11)20-13(22)8-23-15-10(7-18)5-9(6-17)14(19)21-15/h1-5H,8H2,(H2,19,21)(H,20,22)/p+1. The second-order valence-electron chi connectivity index (χ2n) is 4.38. The van der Waals surface area contributed by atoms with Crippen molar-refractivity contribution in [3.05, 3.63) is 46.5 Å². The molecule has 0 aliphatic carbocycles. The summed E-state index contributed by atoms with van der Waals surface area (Å²) in [6.45, 7) is 0. The number of para-hydroxylation sites is 1. The van der Waals surface area contributed by atoms with E-state index in [0.29, 0.717) is 15.7 Å². The number of carbonyl (C=O) groups excluding carboxylic acids is 1. The van der Waals surface area contributed by atoms with Crippen LogP contribution in [0.25, 0.3) is 0 Å². The lowest BCUT2D eigenvalue weighted by Gasteiger charge is -2.06. The molecule has 0 saturated carbocycles. The molecule has 23 heavy (non-hydrogen) atoms. The highest BCUT2D eigenvalue weighted by molar-refractivity contribution is 7.99. The minimum Gasteiger partial charge on any atom is -0.324 e. The summed E-state index contributed by atoms with van der Waals surface area (Å²) in [7, 11) is 0. The summed E-state index contributed by atoms with van der Waals surface area (Å²) in [6.07, 6.45) is 0. The predicted molar refractivity (Wildman–Crippen MR) is 87.6 cm³/mol. The van der Waals surface area contributed by atoms with Crippen molar-refractivity contribution in [3.8, 4) is 12.1 Å². The number of hydrogen-bond donors (Lipinski definition) is 2. The van der Waals surface area contributed by atoms with Gasteiger partial charge in [-0.05, 0) is 18.2 Å². The van der Waals surface area contributed by atoms with Crippen molar-refractivity contribution >= 4 is 40.8 Å². The first-order valence-electron chi connectivity index (χ1n) is 6.38. The molecular weight excluding hydrogens is 334 g/mol. The number of pyridine rings is 1. The number of nitrogens with one attached hydrogen (secondary N) is 2. The predicted octanol–water partition coefficient (Wildman–Crippen LogP) is 2.21. The minimum atomic E-state index is -0.275. The molecule has 1 aromatic carbocycles. The molecule has 114 valence electrons. The summed E-state index contributed by atoms with van der Waals surface area (Å²) in [4.78, 5) is 14.7. The van der Waals surface area contributed by atoms with Crippen molar-refractivity contribution in [1.29, 1.82) is 10.5 Å². The Bertz CT molecular complexity index is 841. The van der Waals surface area contributed by atoms with Gasteiger partial charge in [-0.3, -0.25) is 10.5 Å². The van der Waals surface area contributed by atoms with Gasteiger partial charge in [-0.2, -0.15) is 10.5 Å². The number of thioether (sulfide) groups is 1. The van der Waals surface area contributed by atoms with Crippen LogP contribution in [-0.2, 0) is 4.79 Å². The molecule has 0 spiro atoms. The van der Waals surface area contributed by atoms with Gasteiger partial charge in [-0.15, -0.1) is 0 Å². The Kier molecular flexibility index (Phi) is 5.42. The molecular formula is C15H11ClN5OS+. The van der Waals surface area contributed by atoms with E-state index in [4.69, 9.17) is 27.9 Å². The minimum absolute atomic E-state index is 0.0573. The lowest BCUT2D eigenvalue weighted by Crippen LogP contribution is -2.19. The van der Waals surface area contributed by atoms with Gasteiger partial charge in [0.15, 0.2) is 5.03 Å². The van der Waals surface area contributed by atoms with Crippen molar-refractivity contribution in [3.63, 3.8) is 0 Å². The fraction of sp³-hybridized carbons (Fsp3) is 0.0667. The van der Waals surface area contributed by atoms with E-state index in [9.17, 15) is 4.79 Å². The summed E-state index contributed by atoms with van der Waals surface area (Å²) >= 11 is 7.09. The number of nitrogens with zero attached hydrogens (tertiary/aromatic N) is 2. The molecule has 0 aliphatic heterocycles. The molecule has 2 aromatic rings. The van der Waals surface area contributed by atoms with Gasteiger partial charge in [0.2, 0.25) is 5.91 Å². The number of H-pyrrole nitrogens is 1. The number of nitriles is 2. The summed E-state index contributed by atoms with van der Waals surface area (Å²) < 4.78 is 0. The Labute approximate surface area is 141 Å². The summed E-state index contributed by atoms with van der Waals surface area (Å²) in [5.41, 5.74) is 6.65. The number of halogens is 1. The number of aromatic amines is 1. The molecule has 0 atom stereocenters. The van der Waals surface area contributed by atoms with E-state index < -0.39 is 0 Å². The lowest BCUT2D eigenvalue weighted by atomic mass is 10.2. The van der Waals surface area contributed by atoms with Crippen molar-refractivity contribution in [2.24, 2.45) is 0 Å². The number of rotatable bonds is 4. The van der Waals surface area contributed by atoms with E-state index in [2.05, 4.69) is 10.3 Å². The highest BCUT2D eigenvalue weighted by Crippen LogP contribution is 2.23. The molecule has 0 saturated heterocycles. The van der Waals surface area contributed by atoms with Crippen LogP contribution in [0.15, 0.2) is 35.4 Å². The van der Waals surface area contributed by atoms with E-state index >= 15 is 0 Å². The molecule has 0 unspecified atom stereocenters. The third-order valence-corrected chi connectivity index (χ3v) is 4.15. The second-order valence-corrected chi connectivity index (χ2v) is 5.77. The Morgan fingerprint density at radius 3 is 2.65 bits per heavy atom. The molecule has 0 bridgehead atoms. The topological polar surface area (TPSA) is 117 Å². The average molecular weight is 345 g/mol. The number of carbonyl (C=O) groups is 1. The maximum absolute atomic E-state index is 12.0. The monoisotopic (exact) mass is 344 g/mol. The normalized spacial score (nSPS) is 9.70. The number of aromatic nitrogens is 1. The maximum Gasteiger partial charge on any atom is 0.289 e. The van der Waals surface area contributed by atoms with E-state index in [1.54, 1.807) is 24.3 Å². The number of nitrogens with two attached hydrogens (primary N) is 1. The third kappa shape index (κ3) is 4.13. The molecule has 0 fully saturated rings. The third-order valence-electron chi connectivity index (χ3n) is 2.81. The summed E-state index contributed by atoms with van der Waals surface area (Å²) in [5.74, 6) is -0.0642. The smallest absolute Gasteiger partial charge is 0.289 e. The van der Waals surface area contributed by atoms with Gasteiger partial charge in [0.05, 0.1) is 16.5 Å². The first-order valence-corrected chi connectivity index (χ1v) is 7.74. The molecule has 2 rings (SSSR count). The van der Waals surface area contributed by atoms with Crippen LogP contribution in [0.3, 0.4) is 0 Å². The quantitative estimate of drug-likeness (QED) is 0.824. The van der Waals surface area contributed by atoms with Gasteiger partial charge >= 0.3 is 0 Å². The Hall–Kier alpha value is -2.74. The van der Waals surface area contributed by atoms with E-state index in [1.807, 2.05) is 12.1 Å². The largest absolute Gasteiger partial charge is 0.324 e. The fourth-order valence-electron chi connectivity index (χ4n) is 1.72. The molecule has 0 radical (unpaired) electrons. The zero-order chi connectivity index (χ0) is 16.8. The van der Waals surface area contributed by atoms with Crippen LogP contribution in [0.4, 0.5) is 11.5 Å². The first-order chi connectivity index (χ1) is 11.0. The van der Waals surface area contributed by atoms with Gasteiger partial charge in [-0.1, -0.05) is 35.5 Å². The number of benzene rings is 1. The van der Waals surface area contributed by atoms with Crippen molar-refractivity contribution in [2.45, 2.75) is 5.03 Å². The summed E-state index contributed by atoms with van der Waals surface area (Å²) in [6, 6.07) is 12.1. The van der Waals surface area contributed by atoms with Crippen LogP contribution < -0.4 is 16.0 Å². The van der Waals surface area contributed by atoms with Gasteiger partial charge in [0.25, 0.3) is 5.82 Å². The average Bonchev–Trinajstić information content (AvgIpc) is 2.55. The number of hydrogen-bond acceptors (Lipinski definition) is 5.